The summed E-state index contributed by atoms with van der Waals surface area (Å²) < 4.78 is 3.39. The van der Waals surface area contributed by atoms with Crippen LogP contribution in [-0.2, 0) is 11.3 Å². The molecule has 0 bridgehead atoms. The number of nitrogens with one attached hydrogen (secondary N) is 1. The molecule has 0 unspecified atom stereocenters. The second-order valence-corrected chi connectivity index (χ2v) is 4.84. The molecule has 2 aromatic heterocycles. The van der Waals surface area contributed by atoms with E-state index in [9.17, 15) is 4.79 Å². The first-order chi connectivity index (χ1) is 10.6. The zero-order valence-corrected chi connectivity index (χ0v) is 12.3. The third-order valence-corrected chi connectivity index (χ3v) is 3.24. The molecule has 112 valence electrons. The molecule has 1 aromatic carbocycles. The topological polar surface area (TPSA) is 90.5 Å². The van der Waals surface area contributed by atoms with E-state index in [4.69, 9.17) is 0 Å². The number of hydrogen-bond acceptors (Lipinski definition) is 5. The monoisotopic (exact) mass is 297 g/mol. The van der Waals surface area contributed by atoms with Gasteiger partial charge in [0.25, 0.3) is 0 Å². The van der Waals surface area contributed by atoms with Crippen molar-refractivity contribution in [2.24, 2.45) is 0 Å². The van der Waals surface area contributed by atoms with Crippen LogP contribution in [-0.4, -0.2) is 35.7 Å². The van der Waals surface area contributed by atoms with E-state index in [1.807, 2.05) is 38.1 Å². The van der Waals surface area contributed by atoms with Crippen molar-refractivity contribution in [1.29, 1.82) is 0 Å². The van der Waals surface area contributed by atoms with Crippen LogP contribution in [0.25, 0.3) is 5.69 Å². The van der Waals surface area contributed by atoms with Crippen molar-refractivity contribution < 1.29 is 4.79 Å². The predicted octanol–water partition coefficient (Wildman–Crippen LogP) is 1.11. The fourth-order valence-electron chi connectivity index (χ4n) is 2.11. The zero-order chi connectivity index (χ0) is 15.5. The molecule has 0 spiro atoms. The van der Waals surface area contributed by atoms with Gasteiger partial charge >= 0.3 is 0 Å². The highest BCUT2D eigenvalue weighted by molar-refractivity contribution is 5.90. The van der Waals surface area contributed by atoms with E-state index in [2.05, 4.69) is 25.8 Å². The van der Waals surface area contributed by atoms with E-state index in [1.165, 1.54) is 0 Å². The van der Waals surface area contributed by atoms with E-state index in [0.717, 1.165) is 11.5 Å². The quantitative estimate of drug-likeness (QED) is 0.779. The summed E-state index contributed by atoms with van der Waals surface area (Å²) in [6.45, 7) is 3.89. The highest BCUT2D eigenvalue weighted by Gasteiger charge is 2.08. The van der Waals surface area contributed by atoms with Crippen LogP contribution < -0.4 is 5.32 Å². The molecular weight excluding hydrogens is 282 g/mol. The molecule has 0 saturated carbocycles. The molecule has 3 aromatic rings. The van der Waals surface area contributed by atoms with Crippen molar-refractivity contribution >= 4 is 11.6 Å². The molecule has 0 aliphatic heterocycles. The van der Waals surface area contributed by atoms with Crippen molar-refractivity contribution in [3.05, 3.63) is 48.3 Å². The second kappa shape index (κ2) is 5.76. The number of carbonyl (C=O) groups is 1. The Morgan fingerprint density at radius 2 is 2.14 bits per heavy atom. The Balaban J connectivity index is 1.74. The third kappa shape index (κ3) is 2.85. The number of aryl methyl sites for hydroxylation is 2. The number of aromatic nitrogens is 6. The number of rotatable bonds is 4. The molecule has 22 heavy (non-hydrogen) atoms. The Hall–Kier alpha value is -3.03. The number of carbonyl (C=O) groups excluding carboxylic acids is 1. The molecule has 0 aliphatic carbocycles. The van der Waals surface area contributed by atoms with Gasteiger partial charge in [-0.1, -0.05) is 6.07 Å². The van der Waals surface area contributed by atoms with Gasteiger partial charge in [-0.3, -0.25) is 4.79 Å². The van der Waals surface area contributed by atoms with Crippen LogP contribution >= 0.6 is 0 Å². The van der Waals surface area contributed by atoms with Crippen LogP contribution in [0.2, 0.25) is 0 Å². The van der Waals surface area contributed by atoms with Gasteiger partial charge in [-0.15, -0.1) is 5.10 Å². The maximum Gasteiger partial charge on any atom is 0.244 e. The van der Waals surface area contributed by atoms with Gasteiger partial charge < -0.3 is 9.88 Å². The smallest absolute Gasteiger partial charge is 0.244 e. The van der Waals surface area contributed by atoms with Gasteiger partial charge in [-0.25, -0.2) is 4.98 Å². The molecule has 8 heteroatoms. The molecule has 2 heterocycles. The molecule has 0 radical (unpaired) electrons. The summed E-state index contributed by atoms with van der Waals surface area (Å²) in [5.41, 5.74) is 1.48. The fraction of sp³-hybridized carbons (Fsp3) is 0.214. The summed E-state index contributed by atoms with van der Waals surface area (Å²) in [5.74, 6) is 1.36. The van der Waals surface area contributed by atoms with Crippen molar-refractivity contribution in [3.8, 4) is 5.69 Å². The lowest BCUT2D eigenvalue weighted by atomic mass is 10.2. The van der Waals surface area contributed by atoms with Crippen molar-refractivity contribution in [2.75, 3.05) is 5.32 Å². The number of benzene rings is 1. The van der Waals surface area contributed by atoms with E-state index in [0.29, 0.717) is 11.5 Å². The van der Waals surface area contributed by atoms with E-state index in [1.54, 1.807) is 21.6 Å². The van der Waals surface area contributed by atoms with Crippen LogP contribution in [0.4, 0.5) is 5.69 Å². The average molecular weight is 297 g/mol. The first kappa shape index (κ1) is 13.9. The first-order valence-corrected chi connectivity index (χ1v) is 6.76. The van der Waals surface area contributed by atoms with Crippen molar-refractivity contribution in [1.82, 2.24) is 29.8 Å². The number of tetrazole rings is 1. The minimum atomic E-state index is -0.119. The highest BCUT2D eigenvalue weighted by Crippen LogP contribution is 2.14. The zero-order valence-electron chi connectivity index (χ0n) is 12.3. The van der Waals surface area contributed by atoms with Crippen LogP contribution in [0.5, 0.6) is 0 Å². The van der Waals surface area contributed by atoms with Gasteiger partial charge in [0, 0.05) is 18.1 Å². The van der Waals surface area contributed by atoms with E-state index in [-0.39, 0.29) is 12.5 Å². The largest absolute Gasteiger partial charge is 0.326 e. The first-order valence-electron chi connectivity index (χ1n) is 6.76. The summed E-state index contributed by atoms with van der Waals surface area (Å²) in [6.07, 6.45) is 3.44. The molecule has 0 aliphatic rings. The van der Waals surface area contributed by atoms with E-state index < -0.39 is 0 Å². The minimum Gasteiger partial charge on any atom is -0.326 e. The van der Waals surface area contributed by atoms with E-state index >= 15 is 0 Å². The van der Waals surface area contributed by atoms with Crippen LogP contribution in [0.15, 0.2) is 36.7 Å². The Labute approximate surface area is 126 Å². The Bertz CT molecular complexity index is 805. The predicted molar refractivity (Wildman–Crippen MR) is 79.5 cm³/mol. The van der Waals surface area contributed by atoms with Crippen molar-refractivity contribution in [3.63, 3.8) is 0 Å². The number of nitrogens with zero attached hydrogens (tertiary/aromatic N) is 6. The van der Waals surface area contributed by atoms with Gasteiger partial charge in [-0.05, 0) is 42.5 Å². The lowest BCUT2D eigenvalue weighted by Crippen LogP contribution is -2.19. The molecule has 3 rings (SSSR count). The SMILES string of the molecule is Cc1nccn1CC(=O)Nc1cccc(-n2nnnc2C)c1. The standard InChI is InChI=1S/C14H15N7O/c1-10-15-6-7-20(10)9-14(22)16-12-4-3-5-13(8-12)21-11(2)17-18-19-21/h3-8H,9H2,1-2H3,(H,16,22). The fourth-order valence-corrected chi connectivity index (χ4v) is 2.11. The third-order valence-electron chi connectivity index (χ3n) is 3.24. The number of amides is 1. The van der Waals surface area contributed by atoms with Crippen molar-refractivity contribution in [2.45, 2.75) is 20.4 Å². The minimum absolute atomic E-state index is 0.119. The maximum absolute atomic E-state index is 12.1. The van der Waals surface area contributed by atoms with Gasteiger partial charge in [-0.2, -0.15) is 4.68 Å². The van der Waals surface area contributed by atoms with Crippen LogP contribution in [0, 0.1) is 13.8 Å². The summed E-state index contributed by atoms with van der Waals surface area (Å²) in [4.78, 5) is 16.2. The summed E-state index contributed by atoms with van der Waals surface area (Å²) in [5, 5.41) is 14.2. The summed E-state index contributed by atoms with van der Waals surface area (Å²) in [7, 11) is 0. The van der Waals surface area contributed by atoms with Crippen LogP contribution in [0.3, 0.4) is 0 Å². The van der Waals surface area contributed by atoms with Gasteiger partial charge in [0.15, 0.2) is 5.82 Å². The normalized spacial score (nSPS) is 10.6. The Kier molecular flexibility index (Phi) is 3.65. The van der Waals surface area contributed by atoms with Gasteiger partial charge in [0.1, 0.15) is 12.4 Å². The molecule has 8 nitrogen and oxygen atoms in total. The Morgan fingerprint density at radius 1 is 1.27 bits per heavy atom. The number of imidazole rings is 1. The number of hydrogen-bond donors (Lipinski definition) is 1. The molecule has 0 fully saturated rings. The van der Waals surface area contributed by atoms with Gasteiger partial charge in [0.05, 0.1) is 5.69 Å². The molecule has 1 amide bonds. The average Bonchev–Trinajstić information content (AvgIpc) is 3.08. The van der Waals surface area contributed by atoms with Crippen LogP contribution in [0.1, 0.15) is 11.6 Å². The molecule has 1 N–H and O–H groups in total. The van der Waals surface area contributed by atoms with Gasteiger partial charge in [0.2, 0.25) is 5.91 Å². The maximum atomic E-state index is 12.1. The number of anilines is 1. The molecular formula is C14H15N7O. The second-order valence-electron chi connectivity index (χ2n) is 4.84. The lowest BCUT2D eigenvalue weighted by Gasteiger charge is -2.09. The summed E-state index contributed by atoms with van der Waals surface area (Å²) >= 11 is 0. The molecule has 0 saturated heterocycles. The Morgan fingerprint density at radius 3 is 2.82 bits per heavy atom. The molecule has 0 atom stereocenters. The lowest BCUT2D eigenvalue weighted by molar-refractivity contribution is -0.116. The highest BCUT2D eigenvalue weighted by atomic mass is 16.1. The summed E-state index contributed by atoms with van der Waals surface area (Å²) in [6, 6.07) is 7.36.